The Hall–Kier alpha value is -3.81. The number of esters is 1. The molecule has 30 heavy (non-hydrogen) atoms. The molecule has 0 saturated heterocycles. The summed E-state index contributed by atoms with van der Waals surface area (Å²) < 4.78 is 17.7. The highest BCUT2D eigenvalue weighted by molar-refractivity contribution is 6.28. The predicted octanol–water partition coefficient (Wildman–Crippen LogP) is 2.99. The minimum Gasteiger partial charge on any atom is -0.469 e. The molecule has 1 amide bonds. The van der Waals surface area contributed by atoms with Gasteiger partial charge in [0.05, 0.1) is 7.11 Å². The van der Waals surface area contributed by atoms with Crippen molar-refractivity contribution in [3.8, 4) is 0 Å². The number of methoxy groups -OCH3 is 1. The maximum atomic E-state index is 13.2. The van der Waals surface area contributed by atoms with Gasteiger partial charge in [-0.05, 0) is 30.7 Å². The monoisotopic (exact) mass is 410 g/mol. The third-order valence-corrected chi connectivity index (χ3v) is 4.51. The van der Waals surface area contributed by atoms with Crippen LogP contribution in [0.5, 0.6) is 0 Å². The Morgan fingerprint density at radius 2 is 1.50 bits per heavy atom. The van der Waals surface area contributed by atoms with Gasteiger partial charge in [-0.3, -0.25) is 19.2 Å². The van der Waals surface area contributed by atoms with E-state index in [1.165, 1.54) is 43.5 Å². The minimum absolute atomic E-state index is 0.0362. The van der Waals surface area contributed by atoms with Crippen LogP contribution in [0.1, 0.15) is 40.0 Å². The highest BCUT2D eigenvalue weighted by Gasteiger charge is 2.33. The van der Waals surface area contributed by atoms with Gasteiger partial charge in [-0.15, -0.1) is 0 Å². The van der Waals surface area contributed by atoms with Crippen LogP contribution < -0.4 is 10.6 Å². The Kier molecular flexibility index (Phi) is 6.36. The molecule has 0 aliphatic heterocycles. The van der Waals surface area contributed by atoms with Crippen LogP contribution in [0.25, 0.3) is 0 Å². The highest BCUT2D eigenvalue weighted by atomic mass is 19.1. The summed E-state index contributed by atoms with van der Waals surface area (Å²) in [5.74, 6) is -2.41. The number of nitrogens with one attached hydrogen (secondary N) is 2. The van der Waals surface area contributed by atoms with Crippen LogP contribution in [-0.2, 0) is 14.3 Å². The van der Waals surface area contributed by atoms with E-state index in [4.69, 9.17) is 0 Å². The zero-order chi connectivity index (χ0) is 21.7. The molecular weight excluding hydrogens is 391 g/mol. The number of halogens is 1. The molecular formula is C22H19FN2O5. The number of Topliss-reactive ketones (excluding diaryl/α,β-unsaturated/α-hetero) is 2. The van der Waals surface area contributed by atoms with E-state index in [0.29, 0.717) is 5.69 Å². The molecule has 0 heterocycles. The largest absolute Gasteiger partial charge is 0.469 e. The lowest BCUT2D eigenvalue weighted by Gasteiger charge is -2.22. The second-order valence-electron chi connectivity index (χ2n) is 6.56. The molecule has 0 spiro atoms. The van der Waals surface area contributed by atoms with Gasteiger partial charge in [-0.2, -0.15) is 0 Å². The molecule has 2 aromatic rings. The zero-order valence-corrected chi connectivity index (χ0v) is 16.2. The molecule has 0 bridgehead atoms. The average molecular weight is 410 g/mol. The maximum Gasteiger partial charge on any atom is 0.305 e. The summed E-state index contributed by atoms with van der Waals surface area (Å²) in [6, 6.07) is 11.5. The number of rotatable bonds is 7. The van der Waals surface area contributed by atoms with Crippen molar-refractivity contribution >= 4 is 29.1 Å². The van der Waals surface area contributed by atoms with Gasteiger partial charge in [0, 0.05) is 29.7 Å². The van der Waals surface area contributed by atoms with E-state index in [-0.39, 0.29) is 41.8 Å². The fraction of sp³-hybridized carbons (Fsp3) is 0.182. The normalized spacial score (nSPS) is 13.0. The Balaban J connectivity index is 1.89. The van der Waals surface area contributed by atoms with Gasteiger partial charge in [-0.1, -0.05) is 24.3 Å². The summed E-state index contributed by atoms with van der Waals surface area (Å²) >= 11 is 0. The maximum absolute atomic E-state index is 13.2. The van der Waals surface area contributed by atoms with Crippen LogP contribution in [0.3, 0.4) is 0 Å². The van der Waals surface area contributed by atoms with Gasteiger partial charge in [0.1, 0.15) is 17.2 Å². The Labute approximate surface area is 171 Å². The second-order valence-corrected chi connectivity index (χ2v) is 6.56. The van der Waals surface area contributed by atoms with Crippen molar-refractivity contribution in [1.82, 2.24) is 5.32 Å². The van der Waals surface area contributed by atoms with Crippen LogP contribution in [0.15, 0.2) is 59.9 Å². The van der Waals surface area contributed by atoms with Gasteiger partial charge in [0.2, 0.25) is 17.5 Å². The summed E-state index contributed by atoms with van der Waals surface area (Å²) in [5.41, 5.74) is 0.468. The van der Waals surface area contributed by atoms with Crippen LogP contribution in [-0.4, -0.2) is 30.6 Å². The molecule has 1 aliphatic carbocycles. The van der Waals surface area contributed by atoms with E-state index in [1.54, 1.807) is 12.1 Å². The number of ketones is 2. The molecule has 0 radical (unpaired) electrons. The standard InChI is InChI=1S/C22H19FN2O5/c1-30-18(27)8-4-7-17(26)25-20-19(24-14-11-9-13(23)10-12-14)21(28)15-5-2-3-6-16(15)22(20)29/h2-3,5-6,9-12,24H,4,7-8H2,1H3,(H,25,26). The van der Waals surface area contributed by atoms with Gasteiger partial charge in [0.25, 0.3) is 0 Å². The van der Waals surface area contributed by atoms with E-state index in [0.717, 1.165) is 0 Å². The van der Waals surface area contributed by atoms with E-state index < -0.39 is 29.3 Å². The summed E-state index contributed by atoms with van der Waals surface area (Å²) in [5, 5.41) is 5.32. The molecule has 1 aliphatic rings. The van der Waals surface area contributed by atoms with E-state index >= 15 is 0 Å². The first-order valence-electron chi connectivity index (χ1n) is 9.22. The molecule has 8 heteroatoms. The molecule has 7 nitrogen and oxygen atoms in total. The number of ether oxygens (including phenoxy) is 1. The summed E-state index contributed by atoms with van der Waals surface area (Å²) in [6.07, 6.45) is 0.246. The summed E-state index contributed by atoms with van der Waals surface area (Å²) in [4.78, 5) is 49.5. The first kappa shape index (κ1) is 20.9. The third kappa shape index (κ3) is 4.60. The number of carbonyl (C=O) groups excluding carboxylic acids is 4. The quantitative estimate of drug-likeness (QED) is 0.681. The Morgan fingerprint density at radius 3 is 2.10 bits per heavy atom. The van der Waals surface area contributed by atoms with Crippen LogP contribution in [0.2, 0.25) is 0 Å². The van der Waals surface area contributed by atoms with Gasteiger partial charge in [0.15, 0.2) is 0 Å². The molecule has 0 aromatic heterocycles. The first-order valence-corrected chi connectivity index (χ1v) is 9.22. The lowest BCUT2D eigenvalue weighted by molar-refractivity contribution is -0.140. The number of hydrogen-bond donors (Lipinski definition) is 2. The van der Waals surface area contributed by atoms with E-state index in [9.17, 15) is 23.6 Å². The molecule has 154 valence electrons. The number of anilines is 1. The molecule has 0 atom stereocenters. The fourth-order valence-electron chi connectivity index (χ4n) is 2.99. The van der Waals surface area contributed by atoms with Crippen LogP contribution >= 0.6 is 0 Å². The van der Waals surface area contributed by atoms with Crippen molar-refractivity contribution in [3.05, 3.63) is 76.9 Å². The van der Waals surface area contributed by atoms with Crippen molar-refractivity contribution < 1.29 is 28.3 Å². The second kappa shape index (κ2) is 9.13. The van der Waals surface area contributed by atoms with Crippen LogP contribution in [0.4, 0.5) is 10.1 Å². The SMILES string of the molecule is COC(=O)CCCC(=O)NC1=C(Nc2ccc(F)cc2)C(=O)c2ccccc2C1=O. The van der Waals surface area contributed by atoms with Crippen molar-refractivity contribution in [1.29, 1.82) is 0 Å². The minimum atomic E-state index is -0.521. The lowest BCUT2D eigenvalue weighted by atomic mass is 9.90. The predicted molar refractivity (Wildman–Crippen MR) is 106 cm³/mol. The number of amides is 1. The average Bonchev–Trinajstić information content (AvgIpc) is 2.75. The van der Waals surface area contributed by atoms with Crippen molar-refractivity contribution in [3.63, 3.8) is 0 Å². The topological polar surface area (TPSA) is 102 Å². The lowest BCUT2D eigenvalue weighted by Crippen LogP contribution is -2.36. The summed E-state index contributed by atoms with van der Waals surface area (Å²) in [7, 11) is 1.25. The Bertz CT molecular complexity index is 1040. The molecule has 0 fully saturated rings. The number of allylic oxidation sites excluding steroid dienone is 2. The number of benzene rings is 2. The number of carbonyl (C=O) groups is 4. The van der Waals surface area contributed by atoms with Gasteiger partial charge < -0.3 is 15.4 Å². The molecule has 0 unspecified atom stereocenters. The van der Waals surface area contributed by atoms with Crippen molar-refractivity contribution in [2.75, 3.05) is 12.4 Å². The third-order valence-electron chi connectivity index (χ3n) is 4.51. The summed E-state index contributed by atoms with van der Waals surface area (Å²) in [6.45, 7) is 0. The van der Waals surface area contributed by atoms with Crippen molar-refractivity contribution in [2.45, 2.75) is 19.3 Å². The van der Waals surface area contributed by atoms with E-state index in [1.807, 2.05) is 0 Å². The molecule has 2 N–H and O–H groups in total. The molecule has 2 aromatic carbocycles. The first-order chi connectivity index (χ1) is 14.4. The number of fused-ring (bicyclic) bond motifs is 1. The van der Waals surface area contributed by atoms with Crippen molar-refractivity contribution in [2.24, 2.45) is 0 Å². The molecule has 0 saturated carbocycles. The Morgan fingerprint density at radius 1 is 0.900 bits per heavy atom. The van der Waals surface area contributed by atoms with Gasteiger partial charge >= 0.3 is 5.97 Å². The fourth-order valence-corrected chi connectivity index (χ4v) is 2.99. The zero-order valence-electron chi connectivity index (χ0n) is 16.2. The smallest absolute Gasteiger partial charge is 0.305 e. The van der Waals surface area contributed by atoms with Gasteiger partial charge in [-0.25, -0.2) is 4.39 Å². The van der Waals surface area contributed by atoms with E-state index in [2.05, 4.69) is 15.4 Å². The van der Waals surface area contributed by atoms with Crippen LogP contribution in [0, 0.1) is 5.82 Å². The molecule has 3 rings (SSSR count). The highest BCUT2D eigenvalue weighted by Crippen LogP contribution is 2.26. The number of hydrogen-bond acceptors (Lipinski definition) is 6.